The summed E-state index contributed by atoms with van der Waals surface area (Å²) < 4.78 is 41.2. The molecule has 1 aromatic carbocycles. The van der Waals surface area contributed by atoms with Gasteiger partial charge in [0.25, 0.3) is 0 Å². The Hall–Kier alpha value is -2.35. The van der Waals surface area contributed by atoms with E-state index in [1.165, 1.54) is 23.5 Å². The third-order valence-electron chi connectivity index (χ3n) is 4.38. The number of alkyl halides is 3. The van der Waals surface area contributed by atoms with Gasteiger partial charge in [0.15, 0.2) is 4.96 Å². The number of hydrogen-bond acceptors (Lipinski definition) is 3. The van der Waals surface area contributed by atoms with Crippen LogP contribution in [0.5, 0.6) is 0 Å². The van der Waals surface area contributed by atoms with Crippen molar-refractivity contribution in [2.75, 3.05) is 0 Å². The Bertz CT molecular complexity index is 902. The van der Waals surface area contributed by atoms with Gasteiger partial charge in [0.05, 0.1) is 17.8 Å². The van der Waals surface area contributed by atoms with Gasteiger partial charge in [-0.15, -0.1) is 11.3 Å². The molecular formula is C17H14F3N3OS. The first kappa shape index (κ1) is 16.1. The van der Waals surface area contributed by atoms with Gasteiger partial charge < -0.3 is 5.32 Å². The normalized spacial score (nSPS) is 20.0. The second-order valence-corrected chi connectivity index (χ2v) is 6.95. The average Bonchev–Trinajstić information content (AvgIpc) is 3.10. The van der Waals surface area contributed by atoms with Gasteiger partial charge in [-0.25, -0.2) is 4.98 Å². The van der Waals surface area contributed by atoms with Crippen molar-refractivity contribution in [2.45, 2.75) is 25.1 Å². The minimum Gasteiger partial charge on any atom is -0.350 e. The predicted molar refractivity (Wildman–Crippen MR) is 87.2 cm³/mol. The number of amides is 1. The van der Waals surface area contributed by atoms with Gasteiger partial charge in [-0.1, -0.05) is 18.2 Å². The maximum Gasteiger partial charge on any atom is 0.416 e. The third kappa shape index (κ3) is 3.13. The minimum atomic E-state index is -4.40. The van der Waals surface area contributed by atoms with Gasteiger partial charge in [0, 0.05) is 23.7 Å². The van der Waals surface area contributed by atoms with Crippen LogP contribution in [0.1, 0.15) is 29.2 Å². The van der Waals surface area contributed by atoms with Crippen molar-refractivity contribution >= 4 is 22.2 Å². The molecular weight excluding hydrogens is 351 g/mol. The Morgan fingerprint density at radius 3 is 2.92 bits per heavy atom. The van der Waals surface area contributed by atoms with Crippen LogP contribution in [0.3, 0.4) is 0 Å². The smallest absolute Gasteiger partial charge is 0.350 e. The largest absolute Gasteiger partial charge is 0.416 e. The van der Waals surface area contributed by atoms with Gasteiger partial charge in [-0.2, -0.15) is 13.2 Å². The van der Waals surface area contributed by atoms with Crippen molar-refractivity contribution in [3.05, 3.63) is 58.9 Å². The number of hydrogen-bond donors (Lipinski definition) is 1. The van der Waals surface area contributed by atoms with Crippen LogP contribution in [0.2, 0.25) is 0 Å². The fraction of sp³-hybridized carbons (Fsp3) is 0.294. The molecule has 25 heavy (non-hydrogen) atoms. The lowest BCUT2D eigenvalue weighted by Gasteiger charge is -2.12. The number of benzene rings is 1. The van der Waals surface area contributed by atoms with Gasteiger partial charge in [-0.3, -0.25) is 9.20 Å². The zero-order valence-corrected chi connectivity index (χ0v) is 13.8. The van der Waals surface area contributed by atoms with Crippen LogP contribution in [-0.2, 0) is 17.5 Å². The van der Waals surface area contributed by atoms with Crippen LogP contribution in [-0.4, -0.2) is 15.3 Å². The van der Waals surface area contributed by atoms with E-state index in [0.717, 1.165) is 16.7 Å². The average molecular weight is 365 g/mol. The van der Waals surface area contributed by atoms with Crippen molar-refractivity contribution in [2.24, 2.45) is 5.92 Å². The van der Waals surface area contributed by atoms with E-state index in [1.807, 2.05) is 22.2 Å². The number of carbonyl (C=O) groups excluding carboxylic acids is 1. The number of fused-ring (bicyclic) bond motifs is 1. The molecule has 1 amide bonds. The molecule has 1 aliphatic rings. The summed E-state index contributed by atoms with van der Waals surface area (Å²) in [5.74, 6) is -1.01. The lowest BCUT2D eigenvalue weighted by molar-refractivity contribution is -0.138. The highest BCUT2D eigenvalue weighted by Crippen LogP contribution is 2.51. The summed E-state index contributed by atoms with van der Waals surface area (Å²) in [6, 6.07) is 5.48. The molecule has 2 heterocycles. The van der Waals surface area contributed by atoms with Crippen LogP contribution in [0.15, 0.2) is 42.0 Å². The van der Waals surface area contributed by atoms with E-state index in [0.29, 0.717) is 6.42 Å². The van der Waals surface area contributed by atoms with Crippen molar-refractivity contribution in [1.29, 1.82) is 0 Å². The highest BCUT2D eigenvalue weighted by atomic mass is 32.1. The third-order valence-corrected chi connectivity index (χ3v) is 5.15. The molecule has 0 bridgehead atoms. The number of rotatable bonds is 4. The number of nitrogens with one attached hydrogen (secondary N) is 1. The fourth-order valence-corrected chi connectivity index (χ4v) is 3.80. The molecule has 4 rings (SSSR count). The Kier molecular flexibility index (Phi) is 3.79. The van der Waals surface area contributed by atoms with E-state index in [1.54, 1.807) is 6.07 Å². The molecule has 0 spiro atoms. The second kappa shape index (κ2) is 5.87. The summed E-state index contributed by atoms with van der Waals surface area (Å²) in [4.78, 5) is 17.5. The zero-order chi connectivity index (χ0) is 17.6. The molecule has 3 aromatic rings. The number of aromatic nitrogens is 2. The van der Waals surface area contributed by atoms with Crippen molar-refractivity contribution in [3.8, 4) is 0 Å². The number of nitrogens with zero attached hydrogens (tertiary/aromatic N) is 2. The molecule has 0 saturated heterocycles. The molecule has 2 atom stereocenters. The first-order valence-corrected chi connectivity index (χ1v) is 8.66. The molecule has 1 fully saturated rings. The number of halogens is 3. The van der Waals surface area contributed by atoms with Crippen molar-refractivity contribution < 1.29 is 18.0 Å². The van der Waals surface area contributed by atoms with E-state index in [2.05, 4.69) is 10.3 Å². The van der Waals surface area contributed by atoms with Gasteiger partial charge in [0.2, 0.25) is 5.91 Å². The van der Waals surface area contributed by atoms with Crippen molar-refractivity contribution in [1.82, 2.24) is 14.7 Å². The Labute approximate surface area is 145 Å². The SMILES string of the molecule is O=C(NCc1cn2ccsc2n1)[C@H]1C[C@@H]1c1ccccc1C(F)(F)F. The van der Waals surface area contributed by atoms with E-state index >= 15 is 0 Å². The van der Waals surface area contributed by atoms with Crippen molar-refractivity contribution in [3.63, 3.8) is 0 Å². The molecule has 0 unspecified atom stereocenters. The molecule has 1 saturated carbocycles. The summed E-state index contributed by atoms with van der Waals surface area (Å²) in [6.45, 7) is 0.275. The van der Waals surface area contributed by atoms with Gasteiger partial charge >= 0.3 is 6.18 Å². The number of imidazole rings is 1. The molecule has 4 nitrogen and oxygen atoms in total. The topological polar surface area (TPSA) is 46.4 Å². The lowest BCUT2D eigenvalue weighted by Crippen LogP contribution is -2.25. The lowest BCUT2D eigenvalue weighted by atomic mass is 10.0. The van der Waals surface area contributed by atoms with E-state index in [-0.39, 0.29) is 23.9 Å². The summed E-state index contributed by atoms with van der Waals surface area (Å²) in [5, 5.41) is 4.69. The highest BCUT2D eigenvalue weighted by molar-refractivity contribution is 7.15. The standard InChI is InChI=1S/C17H14F3N3OS/c18-17(19,20)14-4-2-1-3-11(14)12-7-13(12)15(24)21-8-10-9-23-5-6-25-16(23)22-10/h1-6,9,12-13H,7-8H2,(H,21,24)/t12-,13+/m1/s1. The predicted octanol–water partition coefficient (Wildman–Crippen LogP) is 3.83. The maximum absolute atomic E-state index is 13.1. The summed E-state index contributed by atoms with van der Waals surface area (Å²) in [5.41, 5.74) is 0.287. The van der Waals surface area contributed by atoms with E-state index in [9.17, 15) is 18.0 Å². The molecule has 1 N–H and O–H groups in total. The Morgan fingerprint density at radius 2 is 2.16 bits per heavy atom. The highest BCUT2D eigenvalue weighted by Gasteiger charge is 2.47. The second-order valence-electron chi connectivity index (χ2n) is 6.08. The summed E-state index contributed by atoms with van der Waals surface area (Å²) in [7, 11) is 0. The molecule has 130 valence electrons. The van der Waals surface area contributed by atoms with E-state index < -0.39 is 17.7 Å². The molecule has 8 heteroatoms. The summed E-state index contributed by atoms with van der Waals surface area (Å²) in [6.07, 6.45) is -0.252. The number of carbonyl (C=O) groups is 1. The molecule has 1 aliphatic carbocycles. The van der Waals surface area contributed by atoms with Crippen LogP contribution < -0.4 is 5.32 Å². The summed E-state index contributed by atoms with van der Waals surface area (Å²) >= 11 is 1.50. The minimum absolute atomic E-state index is 0.206. The van der Waals surface area contributed by atoms with E-state index in [4.69, 9.17) is 0 Å². The number of thiazole rings is 1. The maximum atomic E-state index is 13.1. The Balaban J connectivity index is 1.41. The molecule has 0 radical (unpaired) electrons. The molecule has 2 aromatic heterocycles. The quantitative estimate of drug-likeness (QED) is 0.764. The first-order valence-electron chi connectivity index (χ1n) is 7.78. The Morgan fingerprint density at radius 1 is 1.36 bits per heavy atom. The van der Waals surface area contributed by atoms with Crippen LogP contribution in [0.25, 0.3) is 4.96 Å². The fourth-order valence-electron chi connectivity index (χ4n) is 3.08. The first-order chi connectivity index (χ1) is 11.9. The van der Waals surface area contributed by atoms with Crippen LogP contribution in [0, 0.1) is 5.92 Å². The van der Waals surface area contributed by atoms with Gasteiger partial charge in [0.1, 0.15) is 0 Å². The van der Waals surface area contributed by atoms with Crippen LogP contribution in [0.4, 0.5) is 13.2 Å². The zero-order valence-electron chi connectivity index (χ0n) is 13.0. The monoisotopic (exact) mass is 365 g/mol. The van der Waals surface area contributed by atoms with Crippen LogP contribution >= 0.6 is 11.3 Å². The van der Waals surface area contributed by atoms with Gasteiger partial charge in [-0.05, 0) is 24.0 Å². The molecule has 0 aliphatic heterocycles.